The minimum Gasteiger partial charge on any atom is -0.486 e. The minimum atomic E-state index is -1.13. The molecule has 0 saturated carbocycles. The molecule has 1 saturated heterocycles. The summed E-state index contributed by atoms with van der Waals surface area (Å²) in [5, 5.41) is 3.50. The van der Waals surface area contributed by atoms with Crippen molar-refractivity contribution in [2.24, 2.45) is 0 Å². The molecule has 0 spiro atoms. The standard InChI is InChI=1S/C20H19ClN2O4S/c1-20(13-2-7-16-17(12-13)27-10-9-26-16)18(24)23(19(25)22-20)8-11-28-15-5-3-14(21)4-6-15/h2-7,12H,8-11H2,1H3,(H,22,25)/t20-/m0/s1. The van der Waals surface area contributed by atoms with Crippen LogP contribution in [0, 0.1) is 0 Å². The van der Waals surface area contributed by atoms with Crippen LogP contribution in [0.5, 0.6) is 11.5 Å². The van der Waals surface area contributed by atoms with Crippen molar-refractivity contribution in [2.75, 3.05) is 25.5 Å². The van der Waals surface area contributed by atoms with Crippen LogP contribution < -0.4 is 14.8 Å². The maximum absolute atomic E-state index is 13.0. The number of benzene rings is 2. The zero-order chi connectivity index (χ0) is 19.7. The number of thioether (sulfide) groups is 1. The van der Waals surface area contributed by atoms with E-state index in [2.05, 4.69) is 5.32 Å². The lowest BCUT2D eigenvalue weighted by atomic mass is 9.91. The van der Waals surface area contributed by atoms with Crippen molar-refractivity contribution in [3.63, 3.8) is 0 Å². The van der Waals surface area contributed by atoms with Gasteiger partial charge in [-0.2, -0.15) is 0 Å². The Morgan fingerprint density at radius 3 is 2.57 bits per heavy atom. The number of hydrogen-bond donors (Lipinski definition) is 1. The summed E-state index contributed by atoms with van der Waals surface area (Å²) in [4.78, 5) is 27.8. The van der Waals surface area contributed by atoms with Gasteiger partial charge < -0.3 is 14.8 Å². The summed E-state index contributed by atoms with van der Waals surface area (Å²) < 4.78 is 11.1. The highest BCUT2D eigenvalue weighted by atomic mass is 35.5. The first kappa shape index (κ1) is 19.0. The number of ether oxygens (including phenoxy) is 2. The van der Waals surface area contributed by atoms with Crippen molar-refractivity contribution in [1.82, 2.24) is 10.2 Å². The lowest BCUT2D eigenvalue weighted by Gasteiger charge is -2.25. The zero-order valence-corrected chi connectivity index (χ0v) is 16.8. The predicted octanol–water partition coefficient (Wildman–Crippen LogP) is 3.67. The number of urea groups is 1. The van der Waals surface area contributed by atoms with Crippen LogP contribution in [-0.4, -0.2) is 42.3 Å². The van der Waals surface area contributed by atoms with E-state index in [1.165, 1.54) is 4.90 Å². The van der Waals surface area contributed by atoms with Gasteiger partial charge in [0.2, 0.25) is 0 Å². The van der Waals surface area contributed by atoms with Gasteiger partial charge in [0.1, 0.15) is 18.8 Å². The van der Waals surface area contributed by atoms with Crippen molar-refractivity contribution < 1.29 is 19.1 Å². The molecule has 0 radical (unpaired) electrons. The van der Waals surface area contributed by atoms with Gasteiger partial charge >= 0.3 is 6.03 Å². The molecule has 2 aromatic carbocycles. The van der Waals surface area contributed by atoms with E-state index in [1.807, 2.05) is 24.3 Å². The first-order chi connectivity index (χ1) is 13.5. The Kier molecular flexibility index (Phi) is 5.12. The molecule has 0 unspecified atom stereocenters. The molecular weight excluding hydrogens is 400 g/mol. The monoisotopic (exact) mass is 418 g/mol. The maximum Gasteiger partial charge on any atom is 0.325 e. The van der Waals surface area contributed by atoms with Gasteiger partial charge in [-0.1, -0.05) is 17.7 Å². The fraction of sp³-hybridized carbons (Fsp3) is 0.300. The molecule has 4 rings (SSSR count). The van der Waals surface area contributed by atoms with Crippen LogP contribution in [0.4, 0.5) is 4.79 Å². The van der Waals surface area contributed by atoms with Crippen LogP contribution in [0.1, 0.15) is 12.5 Å². The number of imide groups is 1. The molecule has 2 aliphatic rings. The number of nitrogens with zero attached hydrogens (tertiary/aromatic N) is 1. The summed E-state index contributed by atoms with van der Waals surface area (Å²) in [6.45, 7) is 2.99. The highest BCUT2D eigenvalue weighted by Gasteiger charge is 2.49. The van der Waals surface area contributed by atoms with Gasteiger partial charge in [-0.05, 0) is 48.9 Å². The minimum absolute atomic E-state index is 0.272. The predicted molar refractivity (Wildman–Crippen MR) is 107 cm³/mol. The SMILES string of the molecule is C[C@@]1(c2ccc3c(c2)OCCO3)NC(=O)N(CCSc2ccc(Cl)cc2)C1=O. The average Bonchev–Trinajstić information content (AvgIpc) is 2.93. The van der Waals surface area contributed by atoms with E-state index in [1.54, 1.807) is 36.9 Å². The normalized spacial score (nSPS) is 21.0. The van der Waals surface area contributed by atoms with Gasteiger partial charge in [-0.15, -0.1) is 11.8 Å². The number of halogens is 1. The summed E-state index contributed by atoms with van der Waals surface area (Å²) >= 11 is 7.46. The summed E-state index contributed by atoms with van der Waals surface area (Å²) in [7, 11) is 0. The molecule has 2 aliphatic heterocycles. The van der Waals surface area contributed by atoms with Crippen LogP contribution in [-0.2, 0) is 10.3 Å². The fourth-order valence-corrected chi connectivity index (χ4v) is 4.20. The molecule has 0 bridgehead atoms. The highest BCUT2D eigenvalue weighted by Crippen LogP contribution is 2.37. The molecule has 2 heterocycles. The lowest BCUT2D eigenvalue weighted by molar-refractivity contribution is -0.130. The van der Waals surface area contributed by atoms with E-state index in [0.29, 0.717) is 47.6 Å². The molecule has 28 heavy (non-hydrogen) atoms. The number of rotatable bonds is 5. The van der Waals surface area contributed by atoms with Crippen molar-refractivity contribution in [1.29, 1.82) is 0 Å². The number of fused-ring (bicyclic) bond motifs is 1. The second kappa shape index (κ2) is 7.56. The van der Waals surface area contributed by atoms with Crippen molar-refractivity contribution in [3.8, 4) is 11.5 Å². The Morgan fingerprint density at radius 1 is 1.11 bits per heavy atom. The molecule has 8 heteroatoms. The Hall–Kier alpha value is -2.38. The fourth-order valence-electron chi connectivity index (χ4n) is 3.24. The van der Waals surface area contributed by atoms with Crippen LogP contribution >= 0.6 is 23.4 Å². The molecule has 1 fully saturated rings. The Labute approximate surface area is 172 Å². The van der Waals surface area contributed by atoms with Crippen molar-refractivity contribution in [2.45, 2.75) is 17.4 Å². The van der Waals surface area contributed by atoms with Gasteiger partial charge in [0.25, 0.3) is 5.91 Å². The molecular formula is C20H19ClN2O4S. The van der Waals surface area contributed by atoms with E-state index in [0.717, 1.165) is 4.90 Å². The maximum atomic E-state index is 13.0. The Balaban J connectivity index is 1.46. The summed E-state index contributed by atoms with van der Waals surface area (Å²) in [6, 6.07) is 12.4. The Morgan fingerprint density at radius 2 is 1.82 bits per heavy atom. The topological polar surface area (TPSA) is 67.9 Å². The van der Waals surface area contributed by atoms with Crippen LogP contribution in [0.2, 0.25) is 5.02 Å². The Bertz CT molecular complexity index is 921. The van der Waals surface area contributed by atoms with Crippen molar-refractivity contribution in [3.05, 3.63) is 53.1 Å². The van der Waals surface area contributed by atoms with Crippen LogP contribution in [0.15, 0.2) is 47.4 Å². The molecule has 0 aliphatic carbocycles. The number of carbonyl (C=O) groups excluding carboxylic acids is 2. The number of nitrogens with one attached hydrogen (secondary N) is 1. The van der Waals surface area contributed by atoms with Crippen molar-refractivity contribution >= 4 is 35.3 Å². The first-order valence-electron chi connectivity index (χ1n) is 8.90. The molecule has 2 aromatic rings. The summed E-state index contributed by atoms with van der Waals surface area (Å²) in [5.41, 5.74) is -0.458. The average molecular weight is 419 g/mol. The summed E-state index contributed by atoms with van der Waals surface area (Å²) in [6.07, 6.45) is 0. The number of carbonyl (C=O) groups is 2. The van der Waals surface area contributed by atoms with E-state index in [9.17, 15) is 9.59 Å². The lowest BCUT2D eigenvalue weighted by Crippen LogP contribution is -2.41. The molecule has 3 amide bonds. The number of hydrogen-bond acceptors (Lipinski definition) is 5. The molecule has 146 valence electrons. The van der Waals surface area contributed by atoms with Gasteiger partial charge in [-0.3, -0.25) is 9.69 Å². The second-order valence-corrected chi connectivity index (χ2v) is 8.28. The first-order valence-corrected chi connectivity index (χ1v) is 10.3. The van der Waals surface area contributed by atoms with E-state index in [-0.39, 0.29) is 11.9 Å². The van der Waals surface area contributed by atoms with Gasteiger partial charge in [0.05, 0.1) is 0 Å². The van der Waals surface area contributed by atoms with E-state index in [4.69, 9.17) is 21.1 Å². The second-order valence-electron chi connectivity index (χ2n) is 6.67. The highest BCUT2D eigenvalue weighted by molar-refractivity contribution is 7.99. The molecule has 1 atom stereocenters. The van der Waals surface area contributed by atoms with Gasteiger partial charge in [0, 0.05) is 22.2 Å². The third kappa shape index (κ3) is 3.52. The smallest absolute Gasteiger partial charge is 0.325 e. The zero-order valence-electron chi connectivity index (χ0n) is 15.2. The van der Waals surface area contributed by atoms with Gasteiger partial charge in [-0.25, -0.2) is 4.79 Å². The largest absolute Gasteiger partial charge is 0.486 e. The van der Waals surface area contributed by atoms with Crippen LogP contribution in [0.3, 0.4) is 0 Å². The third-order valence-electron chi connectivity index (χ3n) is 4.79. The molecule has 6 nitrogen and oxygen atoms in total. The van der Waals surface area contributed by atoms with Crippen LogP contribution in [0.25, 0.3) is 0 Å². The molecule has 0 aromatic heterocycles. The quantitative estimate of drug-likeness (QED) is 0.592. The molecule has 1 N–H and O–H groups in total. The summed E-state index contributed by atoms with van der Waals surface area (Å²) in [5.74, 6) is 1.55. The number of amides is 3. The van der Waals surface area contributed by atoms with Gasteiger partial charge in [0.15, 0.2) is 11.5 Å². The third-order valence-corrected chi connectivity index (χ3v) is 6.04. The van der Waals surface area contributed by atoms with E-state index < -0.39 is 5.54 Å². The van der Waals surface area contributed by atoms with E-state index >= 15 is 0 Å².